The van der Waals surface area contributed by atoms with Gasteiger partial charge in [-0.2, -0.15) is 0 Å². The normalized spacial score (nSPS) is 10.3. The number of aryl methyl sites for hydroxylation is 1. The molecule has 0 amide bonds. The Morgan fingerprint density at radius 1 is 0.720 bits per heavy atom. The van der Waals surface area contributed by atoms with Crippen LogP contribution < -0.4 is 4.74 Å². The number of esters is 1. The van der Waals surface area contributed by atoms with Crippen molar-refractivity contribution in [3.63, 3.8) is 0 Å². The van der Waals surface area contributed by atoms with Crippen molar-refractivity contribution in [2.75, 3.05) is 0 Å². The van der Waals surface area contributed by atoms with Gasteiger partial charge >= 0.3 is 5.97 Å². The van der Waals surface area contributed by atoms with Gasteiger partial charge in [0.1, 0.15) is 5.75 Å². The van der Waals surface area contributed by atoms with Crippen LogP contribution in [0, 0.1) is 0 Å². The summed E-state index contributed by atoms with van der Waals surface area (Å²) in [5.74, 6) is -0.0624. The van der Waals surface area contributed by atoms with Gasteiger partial charge in [-0.25, -0.2) is 4.79 Å². The number of carbonyl (C=O) groups excluding carboxylic acids is 2. The molecule has 25 heavy (non-hydrogen) atoms. The Balaban J connectivity index is 1.69. The predicted molar refractivity (Wildman–Crippen MR) is 97.1 cm³/mol. The number of hydrogen-bond donors (Lipinski definition) is 0. The minimum atomic E-state index is -0.412. The average molecular weight is 330 g/mol. The van der Waals surface area contributed by atoms with E-state index in [1.54, 1.807) is 48.5 Å². The van der Waals surface area contributed by atoms with Gasteiger partial charge in [0.05, 0.1) is 5.56 Å². The smallest absolute Gasteiger partial charge is 0.343 e. The number of ketones is 1. The highest BCUT2D eigenvalue weighted by molar-refractivity contribution is 6.09. The Morgan fingerprint density at radius 2 is 1.28 bits per heavy atom. The van der Waals surface area contributed by atoms with Crippen molar-refractivity contribution in [1.29, 1.82) is 0 Å². The van der Waals surface area contributed by atoms with Crippen LogP contribution in [0.5, 0.6) is 5.75 Å². The lowest BCUT2D eigenvalue weighted by Gasteiger charge is -2.06. The standard InChI is InChI=1S/C22H18O3/c1-2-16-8-10-19(11-9-16)22(24)25-20-14-12-18(13-15-20)21(23)17-6-4-3-5-7-17/h3-15H,2H2,1H3. The van der Waals surface area contributed by atoms with Crippen molar-refractivity contribution in [3.8, 4) is 5.75 Å². The molecule has 0 saturated carbocycles. The van der Waals surface area contributed by atoms with Crippen LogP contribution >= 0.6 is 0 Å². The monoisotopic (exact) mass is 330 g/mol. The first kappa shape index (κ1) is 16.7. The van der Waals surface area contributed by atoms with Gasteiger partial charge in [0.15, 0.2) is 5.78 Å². The van der Waals surface area contributed by atoms with E-state index in [-0.39, 0.29) is 5.78 Å². The molecule has 0 heterocycles. The quantitative estimate of drug-likeness (QED) is 0.387. The fourth-order valence-electron chi connectivity index (χ4n) is 2.47. The van der Waals surface area contributed by atoms with E-state index in [4.69, 9.17) is 4.74 Å². The minimum absolute atomic E-state index is 0.0615. The summed E-state index contributed by atoms with van der Waals surface area (Å²) in [4.78, 5) is 24.5. The molecule has 0 spiro atoms. The van der Waals surface area contributed by atoms with Crippen LogP contribution in [0.3, 0.4) is 0 Å². The van der Waals surface area contributed by atoms with Crippen LogP contribution in [0.25, 0.3) is 0 Å². The summed E-state index contributed by atoms with van der Waals surface area (Å²) >= 11 is 0. The lowest BCUT2D eigenvalue weighted by Crippen LogP contribution is -2.08. The Morgan fingerprint density at radius 3 is 1.88 bits per heavy atom. The van der Waals surface area contributed by atoms with E-state index in [9.17, 15) is 9.59 Å². The second kappa shape index (κ2) is 7.58. The topological polar surface area (TPSA) is 43.4 Å². The SMILES string of the molecule is CCc1ccc(C(=O)Oc2ccc(C(=O)c3ccccc3)cc2)cc1. The number of ether oxygens (including phenoxy) is 1. The lowest BCUT2D eigenvalue weighted by molar-refractivity contribution is 0.0734. The number of carbonyl (C=O) groups is 2. The number of hydrogen-bond acceptors (Lipinski definition) is 3. The molecule has 3 aromatic rings. The van der Waals surface area contributed by atoms with Gasteiger partial charge in [0.25, 0.3) is 0 Å². The summed E-state index contributed by atoms with van der Waals surface area (Å²) < 4.78 is 5.36. The first-order chi connectivity index (χ1) is 12.2. The maximum absolute atomic E-state index is 12.4. The second-order valence-corrected chi connectivity index (χ2v) is 5.66. The molecule has 0 aliphatic carbocycles. The fourth-order valence-corrected chi connectivity index (χ4v) is 2.47. The summed E-state index contributed by atoms with van der Waals surface area (Å²) in [7, 11) is 0. The van der Waals surface area contributed by atoms with E-state index >= 15 is 0 Å². The van der Waals surface area contributed by atoms with E-state index in [0.717, 1.165) is 6.42 Å². The molecule has 0 aliphatic rings. The van der Waals surface area contributed by atoms with Crippen LogP contribution in [-0.2, 0) is 6.42 Å². The summed E-state index contributed by atoms with van der Waals surface area (Å²) in [5, 5.41) is 0. The van der Waals surface area contributed by atoms with Gasteiger partial charge < -0.3 is 4.74 Å². The summed E-state index contributed by atoms with van der Waals surface area (Å²) in [6.07, 6.45) is 0.923. The van der Waals surface area contributed by atoms with Gasteiger partial charge in [-0.15, -0.1) is 0 Å². The van der Waals surface area contributed by atoms with Gasteiger partial charge in [0.2, 0.25) is 0 Å². The van der Waals surface area contributed by atoms with E-state index < -0.39 is 5.97 Å². The van der Waals surface area contributed by atoms with Crippen molar-refractivity contribution in [1.82, 2.24) is 0 Å². The van der Waals surface area contributed by atoms with E-state index in [2.05, 4.69) is 6.92 Å². The van der Waals surface area contributed by atoms with Crippen LogP contribution in [0.4, 0.5) is 0 Å². The first-order valence-corrected chi connectivity index (χ1v) is 8.18. The summed E-state index contributed by atoms with van der Waals surface area (Å²) in [6, 6.07) is 23.0. The number of benzene rings is 3. The molecule has 0 unspecified atom stereocenters. The maximum Gasteiger partial charge on any atom is 0.343 e. The molecule has 124 valence electrons. The van der Waals surface area contributed by atoms with Gasteiger partial charge in [-0.05, 0) is 48.4 Å². The fraction of sp³-hybridized carbons (Fsp3) is 0.0909. The van der Waals surface area contributed by atoms with E-state index in [1.165, 1.54) is 5.56 Å². The lowest BCUT2D eigenvalue weighted by atomic mass is 10.0. The number of rotatable bonds is 5. The van der Waals surface area contributed by atoms with Crippen molar-refractivity contribution in [2.24, 2.45) is 0 Å². The van der Waals surface area contributed by atoms with Crippen LogP contribution in [0.15, 0.2) is 78.9 Å². The first-order valence-electron chi connectivity index (χ1n) is 8.18. The second-order valence-electron chi connectivity index (χ2n) is 5.66. The Hall–Kier alpha value is -3.20. The molecular weight excluding hydrogens is 312 g/mol. The largest absolute Gasteiger partial charge is 0.423 e. The third-order valence-electron chi connectivity index (χ3n) is 3.96. The molecule has 3 heteroatoms. The Labute approximate surface area is 146 Å². The molecule has 0 atom stereocenters. The van der Waals surface area contributed by atoms with Crippen LogP contribution in [0.2, 0.25) is 0 Å². The molecule has 0 saturated heterocycles. The van der Waals surface area contributed by atoms with Gasteiger partial charge in [-0.1, -0.05) is 49.4 Å². The molecule has 3 aromatic carbocycles. The molecule has 3 nitrogen and oxygen atoms in total. The highest BCUT2D eigenvalue weighted by Gasteiger charge is 2.11. The molecule has 0 N–H and O–H groups in total. The van der Waals surface area contributed by atoms with Gasteiger partial charge in [-0.3, -0.25) is 4.79 Å². The molecular formula is C22H18O3. The summed E-state index contributed by atoms with van der Waals surface area (Å²) in [5.41, 5.74) is 2.85. The molecule has 0 aliphatic heterocycles. The van der Waals surface area contributed by atoms with Crippen LogP contribution in [-0.4, -0.2) is 11.8 Å². The minimum Gasteiger partial charge on any atom is -0.423 e. The molecule has 0 aromatic heterocycles. The van der Waals surface area contributed by atoms with E-state index in [1.807, 2.05) is 30.3 Å². The zero-order valence-electron chi connectivity index (χ0n) is 13.9. The summed E-state index contributed by atoms with van der Waals surface area (Å²) in [6.45, 7) is 2.06. The molecule has 0 fully saturated rings. The maximum atomic E-state index is 12.4. The predicted octanol–water partition coefficient (Wildman–Crippen LogP) is 4.70. The van der Waals surface area contributed by atoms with Crippen LogP contribution in [0.1, 0.15) is 38.8 Å². The van der Waals surface area contributed by atoms with Crippen molar-refractivity contribution >= 4 is 11.8 Å². The zero-order valence-corrected chi connectivity index (χ0v) is 13.9. The van der Waals surface area contributed by atoms with E-state index in [0.29, 0.717) is 22.4 Å². The van der Waals surface area contributed by atoms with Gasteiger partial charge in [0, 0.05) is 11.1 Å². The van der Waals surface area contributed by atoms with Crippen molar-refractivity contribution < 1.29 is 14.3 Å². The Bertz CT molecular complexity index is 863. The highest BCUT2D eigenvalue weighted by Crippen LogP contribution is 2.17. The van der Waals surface area contributed by atoms with Crippen molar-refractivity contribution in [3.05, 3.63) is 101 Å². The highest BCUT2D eigenvalue weighted by atomic mass is 16.5. The average Bonchev–Trinajstić information content (AvgIpc) is 2.68. The van der Waals surface area contributed by atoms with Crippen molar-refractivity contribution in [2.45, 2.75) is 13.3 Å². The third kappa shape index (κ3) is 4.01. The molecule has 0 radical (unpaired) electrons. The zero-order chi connectivity index (χ0) is 17.6. The molecule has 3 rings (SSSR count). The Kier molecular flexibility index (Phi) is 5.05. The molecule has 0 bridgehead atoms. The third-order valence-corrected chi connectivity index (χ3v) is 3.96.